The van der Waals surface area contributed by atoms with Crippen molar-refractivity contribution in [1.82, 2.24) is 4.90 Å². The van der Waals surface area contributed by atoms with E-state index in [0.29, 0.717) is 17.1 Å². The molecule has 0 spiro atoms. The molecule has 3 rings (SSSR count). The molecule has 2 fully saturated rings. The molecular weight excluding hydrogens is 322 g/mol. The summed E-state index contributed by atoms with van der Waals surface area (Å²) in [4.78, 5) is 27.8. The molecule has 5 nitrogen and oxygen atoms in total. The Bertz CT molecular complexity index is 700. The molecule has 2 aliphatic rings. The Morgan fingerprint density at radius 1 is 1.33 bits per heavy atom. The first-order chi connectivity index (χ1) is 11.5. The van der Waals surface area contributed by atoms with Gasteiger partial charge in [0.1, 0.15) is 11.1 Å². The van der Waals surface area contributed by atoms with Gasteiger partial charge in [-0.15, -0.1) is 11.3 Å². The van der Waals surface area contributed by atoms with Crippen LogP contribution in [0.15, 0.2) is 0 Å². The number of rotatable bonds is 4. The number of anilines is 1. The van der Waals surface area contributed by atoms with Gasteiger partial charge in [-0.25, -0.2) is 0 Å². The SMILES string of the molecule is CCc1c(C)sc(NC(=O)C2CCCN(C(=O)C3CC3)C2)c1C#N. The van der Waals surface area contributed by atoms with E-state index in [1.165, 1.54) is 11.3 Å². The monoisotopic (exact) mass is 345 g/mol. The number of nitriles is 1. The molecule has 1 aromatic rings. The van der Waals surface area contributed by atoms with E-state index in [1.807, 2.05) is 18.7 Å². The van der Waals surface area contributed by atoms with E-state index in [1.54, 1.807) is 0 Å². The van der Waals surface area contributed by atoms with Crippen LogP contribution in [0.2, 0.25) is 0 Å². The van der Waals surface area contributed by atoms with Crippen LogP contribution in [-0.2, 0) is 16.0 Å². The van der Waals surface area contributed by atoms with Crippen molar-refractivity contribution < 1.29 is 9.59 Å². The highest BCUT2D eigenvalue weighted by Crippen LogP contribution is 2.35. The molecule has 1 aliphatic carbocycles. The van der Waals surface area contributed by atoms with Crippen molar-refractivity contribution in [2.24, 2.45) is 11.8 Å². The molecule has 1 saturated heterocycles. The second kappa shape index (κ2) is 6.94. The molecule has 1 aromatic heterocycles. The lowest BCUT2D eigenvalue weighted by Gasteiger charge is -2.32. The van der Waals surface area contributed by atoms with Gasteiger partial charge in [0, 0.05) is 23.9 Å². The third-order valence-electron chi connectivity index (χ3n) is 4.94. The number of hydrogen-bond donors (Lipinski definition) is 1. The molecule has 1 aliphatic heterocycles. The smallest absolute Gasteiger partial charge is 0.229 e. The highest BCUT2D eigenvalue weighted by atomic mass is 32.1. The predicted molar refractivity (Wildman–Crippen MR) is 93.8 cm³/mol. The fourth-order valence-electron chi connectivity index (χ4n) is 3.40. The van der Waals surface area contributed by atoms with Crippen molar-refractivity contribution in [3.05, 3.63) is 16.0 Å². The number of nitrogens with zero attached hydrogens (tertiary/aromatic N) is 2. The van der Waals surface area contributed by atoms with E-state index < -0.39 is 0 Å². The van der Waals surface area contributed by atoms with Crippen LogP contribution in [0.5, 0.6) is 0 Å². The Kier molecular flexibility index (Phi) is 4.91. The summed E-state index contributed by atoms with van der Waals surface area (Å²) in [5.41, 5.74) is 1.61. The summed E-state index contributed by atoms with van der Waals surface area (Å²) >= 11 is 1.47. The molecule has 1 unspecified atom stereocenters. The maximum atomic E-state index is 12.6. The van der Waals surface area contributed by atoms with E-state index in [0.717, 1.165) is 49.1 Å². The lowest BCUT2D eigenvalue weighted by molar-refractivity contribution is -0.135. The van der Waals surface area contributed by atoms with Crippen molar-refractivity contribution in [1.29, 1.82) is 5.26 Å². The Hall–Kier alpha value is -1.87. The summed E-state index contributed by atoms with van der Waals surface area (Å²) in [6.45, 7) is 5.27. The number of carbonyl (C=O) groups excluding carboxylic acids is 2. The van der Waals surface area contributed by atoms with Gasteiger partial charge in [0.15, 0.2) is 0 Å². The van der Waals surface area contributed by atoms with Gasteiger partial charge in [-0.2, -0.15) is 5.26 Å². The number of nitrogens with one attached hydrogen (secondary N) is 1. The van der Waals surface area contributed by atoms with Crippen molar-refractivity contribution in [2.75, 3.05) is 18.4 Å². The first-order valence-corrected chi connectivity index (χ1v) is 9.48. The first-order valence-electron chi connectivity index (χ1n) is 8.67. The topological polar surface area (TPSA) is 73.2 Å². The summed E-state index contributed by atoms with van der Waals surface area (Å²) in [5.74, 6) is 0.165. The molecule has 6 heteroatoms. The largest absolute Gasteiger partial charge is 0.342 e. The second-order valence-electron chi connectivity index (χ2n) is 6.69. The minimum absolute atomic E-state index is 0.0660. The summed E-state index contributed by atoms with van der Waals surface area (Å²) in [7, 11) is 0. The molecule has 0 aromatic carbocycles. The third-order valence-corrected chi connectivity index (χ3v) is 6.00. The van der Waals surface area contributed by atoms with Gasteiger partial charge in [-0.3, -0.25) is 9.59 Å². The Labute approximate surface area is 146 Å². The Balaban J connectivity index is 1.68. The maximum absolute atomic E-state index is 12.6. The van der Waals surface area contributed by atoms with E-state index in [-0.39, 0.29) is 23.7 Å². The first kappa shape index (κ1) is 17.0. The van der Waals surface area contributed by atoms with Gasteiger partial charge in [-0.1, -0.05) is 6.92 Å². The number of amides is 2. The van der Waals surface area contributed by atoms with E-state index in [2.05, 4.69) is 11.4 Å². The second-order valence-corrected chi connectivity index (χ2v) is 7.92. The normalized spacial score (nSPS) is 20.5. The summed E-state index contributed by atoms with van der Waals surface area (Å²) in [6, 6.07) is 2.23. The average molecular weight is 345 g/mol. The van der Waals surface area contributed by atoms with Gasteiger partial charge in [0.2, 0.25) is 11.8 Å². The van der Waals surface area contributed by atoms with Crippen LogP contribution in [0.4, 0.5) is 5.00 Å². The van der Waals surface area contributed by atoms with Crippen LogP contribution in [0.1, 0.15) is 48.6 Å². The molecule has 1 N–H and O–H groups in total. The third kappa shape index (κ3) is 3.32. The van der Waals surface area contributed by atoms with E-state index in [4.69, 9.17) is 0 Å². The fraction of sp³-hybridized carbons (Fsp3) is 0.611. The van der Waals surface area contributed by atoms with Gasteiger partial charge in [0.05, 0.1) is 11.5 Å². The average Bonchev–Trinajstić information content (AvgIpc) is 3.38. The van der Waals surface area contributed by atoms with Gasteiger partial charge >= 0.3 is 0 Å². The van der Waals surface area contributed by atoms with Gasteiger partial charge in [0.25, 0.3) is 0 Å². The van der Waals surface area contributed by atoms with E-state index >= 15 is 0 Å². The van der Waals surface area contributed by atoms with Gasteiger partial charge < -0.3 is 10.2 Å². The minimum Gasteiger partial charge on any atom is -0.342 e. The molecule has 24 heavy (non-hydrogen) atoms. The van der Waals surface area contributed by atoms with Crippen LogP contribution in [0.25, 0.3) is 0 Å². The van der Waals surface area contributed by atoms with Crippen LogP contribution >= 0.6 is 11.3 Å². The maximum Gasteiger partial charge on any atom is 0.229 e. The molecule has 0 bridgehead atoms. The summed E-state index contributed by atoms with van der Waals surface area (Å²) < 4.78 is 0. The molecule has 128 valence electrons. The van der Waals surface area contributed by atoms with E-state index in [9.17, 15) is 14.9 Å². The quantitative estimate of drug-likeness (QED) is 0.911. The molecule has 1 saturated carbocycles. The lowest BCUT2D eigenvalue weighted by atomic mass is 9.96. The summed E-state index contributed by atoms with van der Waals surface area (Å²) in [5, 5.41) is 13.0. The van der Waals surface area contributed by atoms with Crippen LogP contribution in [-0.4, -0.2) is 29.8 Å². The standard InChI is InChI=1S/C18H23N3O2S/c1-3-14-11(2)24-17(15(14)9-19)20-16(22)13-5-4-8-21(10-13)18(23)12-6-7-12/h12-13H,3-8,10H2,1-2H3,(H,20,22). The molecule has 0 radical (unpaired) electrons. The summed E-state index contributed by atoms with van der Waals surface area (Å²) in [6.07, 6.45) is 4.44. The lowest BCUT2D eigenvalue weighted by Crippen LogP contribution is -2.44. The molecule has 2 amide bonds. The number of piperidine rings is 1. The fourth-order valence-corrected chi connectivity index (χ4v) is 4.50. The number of aryl methyl sites for hydroxylation is 1. The zero-order chi connectivity index (χ0) is 17.3. The molecule has 2 heterocycles. The molecule has 1 atom stereocenters. The zero-order valence-corrected chi connectivity index (χ0v) is 15.0. The minimum atomic E-state index is -0.180. The number of likely N-dealkylation sites (tertiary alicyclic amines) is 1. The Morgan fingerprint density at radius 2 is 2.08 bits per heavy atom. The Morgan fingerprint density at radius 3 is 2.71 bits per heavy atom. The molecular formula is C18H23N3O2S. The predicted octanol–water partition coefficient (Wildman–Crippen LogP) is 3.08. The number of carbonyl (C=O) groups is 2. The zero-order valence-electron chi connectivity index (χ0n) is 14.2. The number of hydrogen-bond acceptors (Lipinski definition) is 4. The van der Waals surface area contributed by atoms with Crippen LogP contribution in [0.3, 0.4) is 0 Å². The van der Waals surface area contributed by atoms with Crippen molar-refractivity contribution in [3.63, 3.8) is 0 Å². The van der Waals surface area contributed by atoms with Crippen LogP contribution < -0.4 is 5.32 Å². The number of thiophene rings is 1. The highest BCUT2D eigenvalue weighted by molar-refractivity contribution is 7.16. The van der Waals surface area contributed by atoms with Crippen molar-refractivity contribution >= 4 is 28.2 Å². The highest BCUT2D eigenvalue weighted by Gasteiger charge is 2.36. The van der Waals surface area contributed by atoms with Crippen LogP contribution in [0, 0.1) is 30.1 Å². The van der Waals surface area contributed by atoms with Crippen molar-refractivity contribution in [2.45, 2.75) is 46.0 Å². The van der Waals surface area contributed by atoms with Crippen molar-refractivity contribution in [3.8, 4) is 6.07 Å². The van der Waals surface area contributed by atoms with Gasteiger partial charge in [-0.05, 0) is 44.6 Å².